The third kappa shape index (κ3) is 6.81. The zero-order chi connectivity index (χ0) is 19.5. The molecule has 144 valence electrons. The third-order valence-electron chi connectivity index (χ3n) is 4.25. The average molecular weight is 367 g/mol. The maximum Gasteiger partial charge on any atom is 0.246 e. The van der Waals surface area contributed by atoms with Crippen LogP contribution in [0.3, 0.4) is 0 Å². The van der Waals surface area contributed by atoms with Crippen molar-refractivity contribution in [2.75, 3.05) is 20.8 Å². The van der Waals surface area contributed by atoms with Gasteiger partial charge in [-0.25, -0.2) is 0 Å². The largest absolute Gasteiger partial charge is 0.493 e. The number of hydrogen-bond acceptors (Lipinski definition) is 3. The molecule has 0 unspecified atom stereocenters. The SMILES string of the molecule is CCCCCOc1ccc(/C=C/C(=O)N(C)Cc2ccccc2)cc1OC. The van der Waals surface area contributed by atoms with Crippen LogP contribution >= 0.6 is 0 Å². The van der Waals surface area contributed by atoms with E-state index in [1.165, 1.54) is 0 Å². The average Bonchev–Trinajstić information content (AvgIpc) is 2.70. The lowest BCUT2D eigenvalue weighted by Crippen LogP contribution is -2.24. The van der Waals surface area contributed by atoms with E-state index in [0.717, 1.165) is 36.1 Å². The first-order valence-electron chi connectivity index (χ1n) is 9.42. The van der Waals surface area contributed by atoms with E-state index in [9.17, 15) is 4.79 Å². The molecule has 0 aromatic heterocycles. The zero-order valence-corrected chi connectivity index (χ0v) is 16.5. The molecule has 0 spiro atoms. The molecule has 2 rings (SSSR count). The molecule has 27 heavy (non-hydrogen) atoms. The second-order valence-corrected chi connectivity index (χ2v) is 6.48. The van der Waals surface area contributed by atoms with Gasteiger partial charge in [-0.05, 0) is 35.8 Å². The molecular formula is C23H29NO3. The molecule has 0 fully saturated rings. The van der Waals surface area contributed by atoms with Gasteiger partial charge in [-0.15, -0.1) is 0 Å². The van der Waals surface area contributed by atoms with Gasteiger partial charge in [0.05, 0.1) is 13.7 Å². The van der Waals surface area contributed by atoms with Crippen LogP contribution in [0.5, 0.6) is 11.5 Å². The van der Waals surface area contributed by atoms with Crippen LogP contribution in [0.25, 0.3) is 6.08 Å². The van der Waals surface area contributed by atoms with Crippen molar-refractivity contribution in [1.29, 1.82) is 0 Å². The summed E-state index contributed by atoms with van der Waals surface area (Å²) in [5, 5.41) is 0. The van der Waals surface area contributed by atoms with Crippen LogP contribution in [0, 0.1) is 0 Å². The fourth-order valence-electron chi connectivity index (χ4n) is 2.67. The van der Waals surface area contributed by atoms with E-state index in [1.54, 1.807) is 31.2 Å². The van der Waals surface area contributed by atoms with Crippen molar-refractivity contribution in [2.45, 2.75) is 32.7 Å². The van der Waals surface area contributed by atoms with E-state index in [1.807, 2.05) is 48.5 Å². The summed E-state index contributed by atoms with van der Waals surface area (Å²) in [6, 6.07) is 15.6. The minimum atomic E-state index is -0.0438. The van der Waals surface area contributed by atoms with Crippen LogP contribution in [0.2, 0.25) is 0 Å². The van der Waals surface area contributed by atoms with E-state index in [0.29, 0.717) is 18.9 Å². The Bertz CT molecular complexity index is 741. The van der Waals surface area contributed by atoms with Crippen LogP contribution in [-0.2, 0) is 11.3 Å². The Kier molecular flexibility index (Phi) is 8.43. The van der Waals surface area contributed by atoms with E-state index in [4.69, 9.17) is 9.47 Å². The van der Waals surface area contributed by atoms with Gasteiger partial charge in [0, 0.05) is 19.7 Å². The predicted molar refractivity (Wildman–Crippen MR) is 110 cm³/mol. The fraction of sp³-hybridized carbons (Fsp3) is 0.348. The normalized spacial score (nSPS) is 10.8. The van der Waals surface area contributed by atoms with E-state index in [2.05, 4.69) is 6.92 Å². The highest BCUT2D eigenvalue weighted by molar-refractivity contribution is 5.91. The predicted octanol–water partition coefficient (Wildman–Crippen LogP) is 4.94. The van der Waals surface area contributed by atoms with Crippen LogP contribution < -0.4 is 9.47 Å². The monoisotopic (exact) mass is 367 g/mol. The summed E-state index contributed by atoms with van der Waals surface area (Å²) in [5.41, 5.74) is 2.00. The molecule has 4 heteroatoms. The highest BCUT2D eigenvalue weighted by atomic mass is 16.5. The Balaban J connectivity index is 1.95. The summed E-state index contributed by atoms with van der Waals surface area (Å²) in [7, 11) is 3.42. The van der Waals surface area contributed by atoms with Gasteiger partial charge in [0.1, 0.15) is 0 Å². The smallest absolute Gasteiger partial charge is 0.246 e. The highest BCUT2D eigenvalue weighted by Crippen LogP contribution is 2.28. The van der Waals surface area contributed by atoms with Gasteiger partial charge in [-0.1, -0.05) is 56.2 Å². The molecule has 0 heterocycles. The number of ether oxygens (including phenoxy) is 2. The number of hydrogen-bond donors (Lipinski definition) is 0. The van der Waals surface area contributed by atoms with Crippen LogP contribution in [-0.4, -0.2) is 31.6 Å². The second-order valence-electron chi connectivity index (χ2n) is 6.48. The molecule has 2 aromatic rings. The lowest BCUT2D eigenvalue weighted by molar-refractivity contribution is -0.125. The molecule has 0 N–H and O–H groups in total. The standard InChI is InChI=1S/C23H29NO3/c1-4-5-9-16-27-21-14-12-19(17-22(21)26-3)13-15-23(25)24(2)18-20-10-7-6-8-11-20/h6-8,10-15,17H,4-5,9,16,18H2,1-3H3/b15-13+. The van der Waals surface area contributed by atoms with Crippen LogP contribution in [0.15, 0.2) is 54.6 Å². The molecule has 0 aliphatic rings. The van der Waals surface area contributed by atoms with E-state index < -0.39 is 0 Å². The maximum atomic E-state index is 12.3. The molecule has 1 amide bonds. The molecular weight excluding hydrogens is 338 g/mol. The molecule has 0 saturated carbocycles. The summed E-state index contributed by atoms with van der Waals surface area (Å²) in [4.78, 5) is 14.0. The Labute approximate surface area is 162 Å². The quantitative estimate of drug-likeness (QED) is 0.441. The van der Waals surface area contributed by atoms with E-state index in [-0.39, 0.29) is 5.91 Å². The molecule has 0 atom stereocenters. The summed E-state index contributed by atoms with van der Waals surface area (Å²) in [6.45, 7) is 3.43. The van der Waals surface area contributed by atoms with Crippen molar-refractivity contribution in [3.8, 4) is 11.5 Å². The number of likely N-dealkylation sites (N-methyl/N-ethyl adjacent to an activating group) is 1. The summed E-state index contributed by atoms with van der Waals surface area (Å²) < 4.78 is 11.2. The zero-order valence-electron chi connectivity index (χ0n) is 16.5. The Hall–Kier alpha value is -2.75. The second kappa shape index (κ2) is 11.1. The first-order valence-corrected chi connectivity index (χ1v) is 9.42. The molecule has 0 aliphatic carbocycles. The van der Waals surface area contributed by atoms with Gasteiger partial charge in [0.15, 0.2) is 11.5 Å². The molecule has 0 radical (unpaired) electrons. The number of benzene rings is 2. The molecule has 0 bridgehead atoms. The van der Waals surface area contributed by atoms with Gasteiger partial charge in [-0.2, -0.15) is 0 Å². The first-order chi connectivity index (χ1) is 13.1. The van der Waals surface area contributed by atoms with Gasteiger partial charge < -0.3 is 14.4 Å². The highest BCUT2D eigenvalue weighted by Gasteiger charge is 2.07. The van der Waals surface area contributed by atoms with Crippen molar-refractivity contribution in [3.63, 3.8) is 0 Å². The Morgan fingerprint density at radius 3 is 2.56 bits per heavy atom. The summed E-state index contributed by atoms with van der Waals surface area (Å²) >= 11 is 0. The number of rotatable bonds is 10. The minimum absolute atomic E-state index is 0.0438. The first kappa shape index (κ1) is 20.6. The number of carbonyl (C=O) groups is 1. The lowest BCUT2D eigenvalue weighted by atomic mass is 10.1. The number of carbonyl (C=O) groups excluding carboxylic acids is 1. The Morgan fingerprint density at radius 1 is 1.07 bits per heavy atom. The Morgan fingerprint density at radius 2 is 1.85 bits per heavy atom. The third-order valence-corrected chi connectivity index (χ3v) is 4.25. The number of unbranched alkanes of at least 4 members (excludes halogenated alkanes) is 2. The van der Waals surface area contributed by atoms with Crippen LogP contribution in [0.1, 0.15) is 37.3 Å². The number of nitrogens with zero attached hydrogens (tertiary/aromatic N) is 1. The maximum absolute atomic E-state index is 12.3. The van der Waals surface area contributed by atoms with Crippen molar-refractivity contribution in [2.24, 2.45) is 0 Å². The van der Waals surface area contributed by atoms with Gasteiger partial charge in [0.2, 0.25) is 5.91 Å². The van der Waals surface area contributed by atoms with Crippen molar-refractivity contribution in [3.05, 3.63) is 65.7 Å². The van der Waals surface area contributed by atoms with Gasteiger partial charge in [0.25, 0.3) is 0 Å². The summed E-state index contributed by atoms with van der Waals surface area (Å²) in [6.07, 6.45) is 6.73. The number of methoxy groups -OCH3 is 1. The van der Waals surface area contributed by atoms with Crippen molar-refractivity contribution < 1.29 is 14.3 Å². The number of amides is 1. The van der Waals surface area contributed by atoms with Crippen molar-refractivity contribution >= 4 is 12.0 Å². The van der Waals surface area contributed by atoms with Gasteiger partial charge >= 0.3 is 0 Å². The van der Waals surface area contributed by atoms with Gasteiger partial charge in [-0.3, -0.25) is 4.79 Å². The van der Waals surface area contributed by atoms with Crippen LogP contribution in [0.4, 0.5) is 0 Å². The fourth-order valence-corrected chi connectivity index (χ4v) is 2.67. The van der Waals surface area contributed by atoms with Crippen molar-refractivity contribution in [1.82, 2.24) is 4.90 Å². The topological polar surface area (TPSA) is 38.8 Å². The molecule has 4 nitrogen and oxygen atoms in total. The molecule has 0 saturated heterocycles. The molecule has 0 aliphatic heterocycles. The molecule has 2 aromatic carbocycles. The minimum Gasteiger partial charge on any atom is -0.493 e. The van der Waals surface area contributed by atoms with E-state index >= 15 is 0 Å². The summed E-state index contributed by atoms with van der Waals surface area (Å²) in [5.74, 6) is 1.37. The lowest BCUT2D eigenvalue weighted by Gasteiger charge is -2.15.